The fraction of sp³-hybridized carbons (Fsp3) is 0.818. The third-order valence-electron chi connectivity index (χ3n) is 2.35. The van der Waals surface area contributed by atoms with Crippen LogP contribution in [0.3, 0.4) is 0 Å². The van der Waals surface area contributed by atoms with Crippen molar-refractivity contribution < 1.29 is 14.7 Å². The molecule has 0 bridgehead atoms. The van der Waals surface area contributed by atoms with Crippen LogP contribution in [0.4, 0.5) is 0 Å². The third kappa shape index (κ3) is 5.70. The highest BCUT2D eigenvalue weighted by molar-refractivity contribution is 5.79. The van der Waals surface area contributed by atoms with E-state index in [0.29, 0.717) is 6.54 Å². The van der Waals surface area contributed by atoms with E-state index in [1.165, 1.54) is 0 Å². The van der Waals surface area contributed by atoms with Crippen LogP contribution in [0.15, 0.2) is 0 Å². The van der Waals surface area contributed by atoms with Crippen molar-refractivity contribution in [2.75, 3.05) is 26.2 Å². The van der Waals surface area contributed by atoms with Crippen molar-refractivity contribution in [3.8, 4) is 0 Å². The lowest BCUT2D eigenvalue weighted by Crippen LogP contribution is -2.41. The highest BCUT2D eigenvalue weighted by Gasteiger charge is 2.18. The van der Waals surface area contributed by atoms with Crippen molar-refractivity contribution in [3.05, 3.63) is 0 Å². The van der Waals surface area contributed by atoms with Gasteiger partial charge in [-0.2, -0.15) is 0 Å². The van der Waals surface area contributed by atoms with Gasteiger partial charge in [0.05, 0.1) is 12.5 Å². The highest BCUT2D eigenvalue weighted by atomic mass is 16.4. The Kier molecular flexibility index (Phi) is 7.54. The average molecular weight is 230 g/mol. The number of carboxylic acid groups (broad SMARTS) is 1. The number of nitrogens with one attached hydrogen (secondary N) is 1. The predicted octanol–water partition coefficient (Wildman–Crippen LogP) is 0.555. The lowest BCUT2D eigenvalue weighted by molar-refractivity contribution is -0.142. The lowest BCUT2D eigenvalue weighted by atomic mass is 10.1. The normalized spacial score (nSPS) is 12.2. The molecule has 1 amide bonds. The first-order valence-corrected chi connectivity index (χ1v) is 5.74. The number of carboxylic acids is 1. The number of nitrogens with zero attached hydrogens (tertiary/aromatic N) is 1. The van der Waals surface area contributed by atoms with Crippen LogP contribution in [0.25, 0.3) is 0 Å². The van der Waals surface area contributed by atoms with E-state index in [9.17, 15) is 9.59 Å². The van der Waals surface area contributed by atoms with Crippen molar-refractivity contribution in [2.24, 2.45) is 5.92 Å². The number of hydrogen-bond donors (Lipinski definition) is 2. The lowest BCUT2D eigenvalue weighted by Gasteiger charge is -2.23. The number of rotatable bonds is 8. The summed E-state index contributed by atoms with van der Waals surface area (Å²) in [5.74, 6) is -1.42. The largest absolute Gasteiger partial charge is 0.481 e. The van der Waals surface area contributed by atoms with Gasteiger partial charge in [-0.1, -0.05) is 13.8 Å². The standard InChI is InChI=1S/C11H22N2O3/c1-4-6-12-7-10(14)13(5-2)8-9(3)11(15)16/h9,12H,4-8H2,1-3H3,(H,15,16). The second-order valence-corrected chi connectivity index (χ2v) is 3.85. The minimum atomic E-state index is -0.868. The SMILES string of the molecule is CCCNCC(=O)N(CC)CC(C)C(=O)O. The molecule has 1 unspecified atom stereocenters. The second kappa shape index (κ2) is 8.10. The summed E-state index contributed by atoms with van der Waals surface area (Å²) in [6.45, 7) is 7.40. The molecule has 0 aromatic carbocycles. The van der Waals surface area contributed by atoms with E-state index in [-0.39, 0.29) is 19.0 Å². The Bertz CT molecular complexity index is 231. The molecule has 0 heterocycles. The molecule has 0 aliphatic heterocycles. The summed E-state index contributed by atoms with van der Waals surface area (Å²) in [6.07, 6.45) is 0.977. The summed E-state index contributed by atoms with van der Waals surface area (Å²) in [7, 11) is 0. The van der Waals surface area contributed by atoms with Crippen LogP contribution in [0.5, 0.6) is 0 Å². The Hall–Kier alpha value is -1.10. The van der Waals surface area contributed by atoms with Crippen LogP contribution < -0.4 is 5.32 Å². The minimum Gasteiger partial charge on any atom is -0.481 e. The van der Waals surface area contributed by atoms with Crippen LogP contribution in [0.1, 0.15) is 27.2 Å². The molecule has 0 aromatic heterocycles. The summed E-state index contributed by atoms with van der Waals surface area (Å²) in [4.78, 5) is 23.9. The first-order valence-electron chi connectivity index (χ1n) is 5.74. The predicted molar refractivity (Wildman–Crippen MR) is 62.2 cm³/mol. The maximum atomic E-state index is 11.7. The molecule has 0 saturated carbocycles. The molecule has 2 N–H and O–H groups in total. The number of carbonyl (C=O) groups is 2. The van der Waals surface area contributed by atoms with Gasteiger partial charge in [0.2, 0.25) is 5.91 Å². The molecule has 1 atom stereocenters. The van der Waals surface area contributed by atoms with Gasteiger partial charge in [0, 0.05) is 13.1 Å². The molecule has 0 spiro atoms. The van der Waals surface area contributed by atoms with E-state index in [1.54, 1.807) is 11.8 Å². The van der Waals surface area contributed by atoms with E-state index < -0.39 is 11.9 Å². The van der Waals surface area contributed by atoms with Crippen molar-refractivity contribution in [1.29, 1.82) is 0 Å². The molecular formula is C11H22N2O3. The summed E-state index contributed by atoms with van der Waals surface area (Å²) < 4.78 is 0. The third-order valence-corrected chi connectivity index (χ3v) is 2.35. The first-order chi connectivity index (χ1) is 7.52. The number of aliphatic carboxylic acids is 1. The molecule has 0 aliphatic carbocycles. The van der Waals surface area contributed by atoms with Gasteiger partial charge >= 0.3 is 5.97 Å². The smallest absolute Gasteiger partial charge is 0.308 e. The van der Waals surface area contributed by atoms with Gasteiger partial charge in [0.15, 0.2) is 0 Å². The minimum absolute atomic E-state index is 0.0379. The Morgan fingerprint density at radius 3 is 2.44 bits per heavy atom. The number of hydrogen-bond acceptors (Lipinski definition) is 3. The molecule has 16 heavy (non-hydrogen) atoms. The van der Waals surface area contributed by atoms with Crippen LogP contribution >= 0.6 is 0 Å². The molecule has 0 rings (SSSR count). The molecule has 0 radical (unpaired) electrons. The van der Waals surface area contributed by atoms with Gasteiger partial charge in [0.25, 0.3) is 0 Å². The van der Waals surface area contributed by atoms with Crippen molar-refractivity contribution in [1.82, 2.24) is 10.2 Å². The quantitative estimate of drug-likeness (QED) is 0.598. The molecule has 5 heteroatoms. The molecule has 5 nitrogen and oxygen atoms in total. The topological polar surface area (TPSA) is 69.6 Å². The Morgan fingerprint density at radius 2 is 2.00 bits per heavy atom. The van der Waals surface area contributed by atoms with Crippen LogP contribution in [-0.2, 0) is 9.59 Å². The number of amides is 1. The van der Waals surface area contributed by atoms with Crippen LogP contribution in [-0.4, -0.2) is 48.1 Å². The maximum absolute atomic E-state index is 11.7. The van der Waals surface area contributed by atoms with Crippen molar-refractivity contribution in [2.45, 2.75) is 27.2 Å². The fourth-order valence-corrected chi connectivity index (χ4v) is 1.30. The fourth-order valence-electron chi connectivity index (χ4n) is 1.30. The molecule has 0 aromatic rings. The highest BCUT2D eigenvalue weighted by Crippen LogP contribution is 2.00. The van der Waals surface area contributed by atoms with Crippen LogP contribution in [0.2, 0.25) is 0 Å². The maximum Gasteiger partial charge on any atom is 0.308 e. The van der Waals surface area contributed by atoms with Crippen LogP contribution in [0, 0.1) is 5.92 Å². The van der Waals surface area contributed by atoms with E-state index in [0.717, 1.165) is 13.0 Å². The monoisotopic (exact) mass is 230 g/mol. The average Bonchev–Trinajstić information content (AvgIpc) is 2.25. The van der Waals surface area contributed by atoms with Gasteiger partial charge < -0.3 is 15.3 Å². The van der Waals surface area contributed by atoms with Gasteiger partial charge in [0.1, 0.15) is 0 Å². The van der Waals surface area contributed by atoms with Crippen molar-refractivity contribution in [3.63, 3.8) is 0 Å². The summed E-state index contributed by atoms with van der Waals surface area (Å²) in [5, 5.41) is 11.8. The summed E-state index contributed by atoms with van der Waals surface area (Å²) in [6, 6.07) is 0. The van der Waals surface area contributed by atoms with E-state index in [4.69, 9.17) is 5.11 Å². The molecule has 0 aliphatic rings. The Balaban J connectivity index is 4.06. The zero-order valence-electron chi connectivity index (χ0n) is 10.3. The summed E-state index contributed by atoms with van der Waals surface area (Å²) >= 11 is 0. The van der Waals surface area contributed by atoms with E-state index in [2.05, 4.69) is 5.32 Å². The zero-order valence-corrected chi connectivity index (χ0v) is 10.3. The van der Waals surface area contributed by atoms with Gasteiger partial charge in [-0.3, -0.25) is 9.59 Å². The van der Waals surface area contributed by atoms with Gasteiger partial charge in [-0.25, -0.2) is 0 Å². The van der Waals surface area contributed by atoms with E-state index in [1.807, 2.05) is 13.8 Å². The molecular weight excluding hydrogens is 208 g/mol. The molecule has 0 saturated heterocycles. The number of likely N-dealkylation sites (N-methyl/N-ethyl adjacent to an activating group) is 1. The molecule has 0 fully saturated rings. The van der Waals surface area contributed by atoms with Crippen molar-refractivity contribution >= 4 is 11.9 Å². The Labute approximate surface area is 96.8 Å². The first kappa shape index (κ1) is 14.9. The van der Waals surface area contributed by atoms with Gasteiger partial charge in [-0.15, -0.1) is 0 Å². The Morgan fingerprint density at radius 1 is 1.38 bits per heavy atom. The van der Waals surface area contributed by atoms with E-state index >= 15 is 0 Å². The number of carbonyl (C=O) groups excluding carboxylic acids is 1. The molecule has 94 valence electrons. The summed E-state index contributed by atoms with van der Waals surface area (Å²) in [5.41, 5.74) is 0. The van der Waals surface area contributed by atoms with Gasteiger partial charge in [-0.05, 0) is 19.9 Å². The second-order valence-electron chi connectivity index (χ2n) is 3.85. The zero-order chi connectivity index (χ0) is 12.6.